The van der Waals surface area contributed by atoms with E-state index in [1.807, 2.05) is 12.1 Å². The van der Waals surface area contributed by atoms with Gasteiger partial charge in [-0.1, -0.05) is 12.1 Å². The van der Waals surface area contributed by atoms with E-state index in [9.17, 15) is 18.3 Å². The summed E-state index contributed by atoms with van der Waals surface area (Å²) >= 11 is 0. The van der Waals surface area contributed by atoms with Crippen LogP contribution >= 0.6 is 0 Å². The first-order chi connectivity index (χ1) is 15.4. The fourth-order valence-electron chi connectivity index (χ4n) is 4.26. The van der Waals surface area contributed by atoms with E-state index < -0.39 is 11.7 Å². The number of hydrogen-bond donors (Lipinski definition) is 1. The lowest BCUT2D eigenvalue weighted by Gasteiger charge is -2.20. The van der Waals surface area contributed by atoms with Gasteiger partial charge < -0.3 is 5.11 Å². The Kier molecular flexibility index (Phi) is 5.37. The Morgan fingerprint density at radius 1 is 0.906 bits per heavy atom. The Morgan fingerprint density at radius 3 is 2.25 bits per heavy atom. The smallest absolute Gasteiger partial charge is 0.416 e. The quantitative estimate of drug-likeness (QED) is 0.596. The van der Waals surface area contributed by atoms with E-state index >= 15 is 0 Å². The predicted molar refractivity (Wildman–Crippen MR) is 115 cm³/mol. The number of benzene rings is 2. The molecular weight excluding hydrogens is 415 g/mol. The fourth-order valence-corrected chi connectivity index (χ4v) is 4.26. The van der Waals surface area contributed by atoms with Crippen LogP contribution in [0.15, 0.2) is 48.5 Å². The molecule has 1 saturated carbocycles. The molecule has 1 aliphatic heterocycles. The Bertz CT molecular complexity index is 1110. The molecule has 166 valence electrons. The van der Waals surface area contributed by atoms with Crippen molar-refractivity contribution in [2.45, 2.75) is 44.3 Å². The molecule has 32 heavy (non-hydrogen) atoms. The van der Waals surface area contributed by atoms with Crippen molar-refractivity contribution >= 4 is 0 Å². The minimum atomic E-state index is -4.31. The van der Waals surface area contributed by atoms with Gasteiger partial charge in [-0.05, 0) is 61.2 Å². The van der Waals surface area contributed by atoms with Gasteiger partial charge in [-0.25, -0.2) is 9.97 Å². The van der Waals surface area contributed by atoms with Crippen LogP contribution in [0.1, 0.15) is 47.0 Å². The van der Waals surface area contributed by atoms with E-state index in [4.69, 9.17) is 9.97 Å². The topological polar surface area (TPSA) is 49.3 Å². The molecule has 2 aliphatic rings. The lowest BCUT2D eigenvalue weighted by Crippen LogP contribution is -2.26. The molecule has 2 aromatic carbocycles. The van der Waals surface area contributed by atoms with Gasteiger partial charge in [-0.15, -0.1) is 0 Å². The van der Waals surface area contributed by atoms with Gasteiger partial charge in [0.2, 0.25) is 0 Å². The second-order valence-corrected chi connectivity index (χ2v) is 8.65. The van der Waals surface area contributed by atoms with Crippen molar-refractivity contribution in [3.05, 3.63) is 76.7 Å². The third-order valence-corrected chi connectivity index (χ3v) is 6.22. The van der Waals surface area contributed by atoms with E-state index in [0.717, 1.165) is 84.8 Å². The van der Waals surface area contributed by atoms with Crippen molar-refractivity contribution in [2.24, 2.45) is 0 Å². The van der Waals surface area contributed by atoms with Gasteiger partial charge >= 0.3 is 6.18 Å². The highest BCUT2D eigenvalue weighted by Gasteiger charge is 2.31. The van der Waals surface area contributed by atoms with Crippen LogP contribution in [0.2, 0.25) is 0 Å². The molecule has 0 unspecified atom stereocenters. The Labute approximate surface area is 184 Å². The Morgan fingerprint density at radius 2 is 1.59 bits per heavy atom. The SMILES string of the molecule is Oc1ccc(-c2nc(C3CC3)nc3c2CCN(Cc2ccc(C(F)(F)F)cc2)CC3)cc1. The third kappa shape index (κ3) is 4.48. The van der Waals surface area contributed by atoms with Crippen LogP contribution in [0.25, 0.3) is 11.3 Å². The lowest BCUT2D eigenvalue weighted by atomic mass is 10.0. The van der Waals surface area contributed by atoms with Crippen LogP contribution in [0.4, 0.5) is 13.2 Å². The van der Waals surface area contributed by atoms with Crippen molar-refractivity contribution in [1.29, 1.82) is 0 Å². The number of phenolic OH excluding ortho intramolecular Hbond substituents is 1. The number of alkyl halides is 3. The summed E-state index contributed by atoms with van der Waals surface area (Å²) in [7, 11) is 0. The molecule has 1 aromatic heterocycles. The standard InChI is InChI=1S/C25H24F3N3O/c26-25(27,28)19-7-1-16(2-8-19)15-31-13-11-21-22(12-14-31)29-24(18-3-4-18)30-23(21)17-5-9-20(32)10-6-17/h1-2,5-10,18,32H,3-4,11-15H2. The molecule has 7 heteroatoms. The summed E-state index contributed by atoms with van der Waals surface area (Å²) in [5, 5.41) is 9.67. The van der Waals surface area contributed by atoms with Gasteiger partial charge in [0, 0.05) is 48.8 Å². The summed E-state index contributed by atoms with van der Waals surface area (Å²) in [4.78, 5) is 12.1. The molecule has 3 aromatic rings. The van der Waals surface area contributed by atoms with Gasteiger partial charge in [-0.2, -0.15) is 13.2 Å². The molecule has 2 heterocycles. The van der Waals surface area contributed by atoms with Crippen molar-refractivity contribution in [3.8, 4) is 17.0 Å². The molecule has 1 aliphatic carbocycles. The summed E-state index contributed by atoms with van der Waals surface area (Å²) in [6, 6.07) is 12.6. The fraction of sp³-hybridized carbons (Fsp3) is 0.360. The van der Waals surface area contributed by atoms with Crippen molar-refractivity contribution in [2.75, 3.05) is 13.1 Å². The molecule has 0 bridgehead atoms. The highest BCUT2D eigenvalue weighted by atomic mass is 19.4. The summed E-state index contributed by atoms with van der Waals surface area (Å²) in [5.74, 6) is 1.56. The molecule has 1 N–H and O–H groups in total. The average Bonchev–Trinajstić information content (AvgIpc) is 3.62. The maximum absolute atomic E-state index is 12.8. The lowest BCUT2D eigenvalue weighted by molar-refractivity contribution is -0.137. The minimum absolute atomic E-state index is 0.221. The van der Waals surface area contributed by atoms with Gasteiger partial charge in [-0.3, -0.25) is 4.90 Å². The van der Waals surface area contributed by atoms with E-state index in [1.54, 1.807) is 24.3 Å². The Hall–Kier alpha value is -2.93. The van der Waals surface area contributed by atoms with Crippen molar-refractivity contribution < 1.29 is 18.3 Å². The molecule has 5 rings (SSSR count). The summed E-state index contributed by atoms with van der Waals surface area (Å²) in [6.45, 7) is 2.18. The number of aromatic hydroxyl groups is 1. The number of hydrogen-bond acceptors (Lipinski definition) is 4. The molecule has 0 radical (unpaired) electrons. The minimum Gasteiger partial charge on any atom is -0.508 e. The van der Waals surface area contributed by atoms with Gasteiger partial charge in [0.05, 0.1) is 11.3 Å². The van der Waals surface area contributed by atoms with Gasteiger partial charge in [0.1, 0.15) is 11.6 Å². The molecule has 0 saturated heterocycles. The first-order valence-electron chi connectivity index (χ1n) is 10.9. The molecule has 0 spiro atoms. The van der Waals surface area contributed by atoms with Crippen LogP contribution in [-0.2, 0) is 25.6 Å². The van der Waals surface area contributed by atoms with Crippen LogP contribution in [0.5, 0.6) is 5.75 Å². The predicted octanol–water partition coefficient (Wildman–Crippen LogP) is 5.35. The first-order valence-corrected chi connectivity index (χ1v) is 10.9. The molecular formula is C25H24F3N3O. The maximum atomic E-state index is 12.8. The molecule has 1 fully saturated rings. The van der Waals surface area contributed by atoms with Crippen molar-refractivity contribution in [1.82, 2.24) is 14.9 Å². The summed E-state index contributed by atoms with van der Waals surface area (Å²) in [5.41, 5.74) is 4.36. The first kappa shape index (κ1) is 20.9. The number of phenols is 1. The Balaban J connectivity index is 1.38. The van der Waals surface area contributed by atoms with E-state index in [-0.39, 0.29) is 5.75 Å². The number of halogens is 3. The number of aromatic nitrogens is 2. The summed E-state index contributed by atoms with van der Waals surface area (Å²) in [6.07, 6.45) is -0.520. The third-order valence-electron chi connectivity index (χ3n) is 6.22. The van der Waals surface area contributed by atoms with Gasteiger partial charge in [0.15, 0.2) is 0 Å². The largest absolute Gasteiger partial charge is 0.508 e. The van der Waals surface area contributed by atoms with Crippen LogP contribution in [0.3, 0.4) is 0 Å². The van der Waals surface area contributed by atoms with E-state index in [1.165, 1.54) is 0 Å². The van der Waals surface area contributed by atoms with Crippen LogP contribution in [0, 0.1) is 0 Å². The van der Waals surface area contributed by atoms with Crippen LogP contribution < -0.4 is 0 Å². The van der Waals surface area contributed by atoms with Gasteiger partial charge in [0.25, 0.3) is 0 Å². The second kappa shape index (κ2) is 8.20. The van der Waals surface area contributed by atoms with Crippen LogP contribution in [-0.4, -0.2) is 33.1 Å². The number of nitrogens with zero attached hydrogens (tertiary/aromatic N) is 3. The number of rotatable bonds is 4. The van der Waals surface area contributed by atoms with E-state index in [2.05, 4.69) is 4.90 Å². The molecule has 0 amide bonds. The van der Waals surface area contributed by atoms with Crippen molar-refractivity contribution in [3.63, 3.8) is 0 Å². The number of fused-ring (bicyclic) bond motifs is 1. The zero-order valence-electron chi connectivity index (χ0n) is 17.6. The maximum Gasteiger partial charge on any atom is 0.416 e. The molecule has 4 nitrogen and oxygen atoms in total. The second-order valence-electron chi connectivity index (χ2n) is 8.65. The summed E-state index contributed by atoms with van der Waals surface area (Å²) < 4.78 is 38.5. The zero-order valence-corrected chi connectivity index (χ0v) is 17.6. The highest BCUT2D eigenvalue weighted by molar-refractivity contribution is 5.65. The highest BCUT2D eigenvalue weighted by Crippen LogP contribution is 2.40. The zero-order chi connectivity index (χ0) is 22.3. The molecule has 0 atom stereocenters. The van der Waals surface area contributed by atoms with E-state index in [0.29, 0.717) is 12.5 Å². The average molecular weight is 439 g/mol. The normalized spacial score (nSPS) is 17.1. The monoisotopic (exact) mass is 439 g/mol.